The number of nitrogens with zero attached hydrogens (tertiary/aromatic N) is 4. The summed E-state index contributed by atoms with van der Waals surface area (Å²) in [5, 5.41) is 10.2. The highest BCUT2D eigenvalue weighted by atomic mass is 16.3. The molecular formula is C22H30N4O. The van der Waals surface area contributed by atoms with Crippen LogP contribution in [0, 0.1) is 0 Å². The summed E-state index contributed by atoms with van der Waals surface area (Å²) in [6, 6.07) is 17.2. The van der Waals surface area contributed by atoms with Crippen LogP contribution < -0.4 is 0 Å². The second kappa shape index (κ2) is 8.07. The molecular weight excluding hydrogens is 336 g/mol. The maximum atomic E-state index is 10.2. The van der Waals surface area contributed by atoms with Crippen molar-refractivity contribution < 1.29 is 5.11 Å². The van der Waals surface area contributed by atoms with Gasteiger partial charge in [-0.1, -0.05) is 36.4 Å². The predicted molar refractivity (Wildman–Crippen MR) is 107 cm³/mol. The van der Waals surface area contributed by atoms with Crippen LogP contribution in [0.3, 0.4) is 0 Å². The lowest BCUT2D eigenvalue weighted by Crippen LogP contribution is -2.71. The lowest BCUT2D eigenvalue weighted by atomic mass is 9.91. The highest BCUT2D eigenvalue weighted by Gasteiger charge is 2.44. The predicted octanol–water partition coefficient (Wildman–Crippen LogP) is 1.83. The fourth-order valence-electron chi connectivity index (χ4n) is 4.69. The SMILES string of the molecule is CC1(CO)CN(Cc2ccccc2)CC2CN(Cc3ccccn3)CCN21. The molecule has 0 amide bonds. The Kier molecular flexibility index (Phi) is 5.55. The van der Waals surface area contributed by atoms with Gasteiger partial charge >= 0.3 is 0 Å². The number of hydrogen-bond donors (Lipinski definition) is 1. The summed E-state index contributed by atoms with van der Waals surface area (Å²) >= 11 is 0. The first-order valence-corrected chi connectivity index (χ1v) is 9.92. The van der Waals surface area contributed by atoms with E-state index >= 15 is 0 Å². The first-order valence-electron chi connectivity index (χ1n) is 9.92. The van der Waals surface area contributed by atoms with E-state index in [-0.39, 0.29) is 12.1 Å². The normalized spacial score (nSPS) is 27.4. The molecule has 1 N–H and O–H groups in total. The standard InChI is InChI=1S/C22H30N4O/c1-22(18-27)17-25(13-19-7-3-2-4-8-19)16-21-15-24(11-12-26(21)22)14-20-9-5-6-10-23-20/h2-10,21,27H,11-18H2,1H3. The Bertz CT molecular complexity index is 724. The maximum absolute atomic E-state index is 10.2. The zero-order valence-corrected chi connectivity index (χ0v) is 16.2. The van der Waals surface area contributed by atoms with Gasteiger partial charge in [-0.15, -0.1) is 0 Å². The number of fused-ring (bicyclic) bond motifs is 1. The van der Waals surface area contributed by atoms with Crippen LogP contribution in [0.25, 0.3) is 0 Å². The number of aromatic nitrogens is 1. The fourth-order valence-corrected chi connectivity index (χ4v) is 4.69. The Morgan fingerprint density at radius 2 is 1.78 bits per heavy atom. The van der Waals surface area contributed by atoms with Crippen LogP contribution in [-0.2, 0) is 13.1 Å². The van der Waals surface area contributed by atoms with E-state index in [2.05, 4.69) is 69.1 Å². The van der Waals surface area contributed by atoms with E-state index in [9.17, 15) is 5.11 Å². The van der Waals surface area contributed by atoms with Crippen LogP contribution in [-0.4, -0.2) is 75.7 Å². The summed E-state index contributed by atoms with van der Waals surface area (Å²) in [6.45, 7) is 9.28. The molecule has 144 valence electrons. The Labute approximate surface area is 162 Å². The van der Waals surface area contributed by atoms with E-state index in [0.29, 0.717) is 6.04 Å². The van der Waals surface area contributed by atoms with Gasteiger partial charge in [0.15, 0.2) is 0 Å². The average molecular weight is 367 g/mol. The third-order valence-corrected chi connectivity index (χ3v) is 5.99. The van der Waals surface area contributed by atoms with Gasteiger partial charge in [-0.25, -0.2) is 0 Å². The molecule has 0 aliphatic carbocycles. The van der Waals surface area contributed by atoms with Crippen LogP contribution in [0.4, 0.5) is 0 Å². The number of piperazine rings is 2. The van der Waals surface area contributed by atoms with Crippen molar-refractivity contribution in [3.05, 3.63) is 66.0 Å². The highest BCUT2D eigenvalue weighted by Crippen LogP contribution is 2.29. The van der Waals surface area contributed by atoms with Crippen LogP contribution >= 0.6 is 0 Å². The van der Waals surface area contributed by atoms with Crippen LogP contribution in [0.1, 0.15) is 18.2 Å². The van der Waals surface area contributed by atoms with E-state index < -0.39 is 0 Å². The van der Waals surface area contributed by atoms with Crippen molar-refractivity contribution in [3.63, 3.8) is 0 Å². The molecule has 2 saturated heterocycles. The molecule has 0 bridgehead atoms. The van der Waals surface area contributed by atoms with Gasteiger partial charge in [0.25, 0.3) is 0 Å². The molecule has 2 unspecified atom stereocenters. The van der Waals surface area contributed by atoms with Crippen molar-refractivity contribution in [2.45, 2.75) is 31.6 Å². The minimum atomic E-state index is -0.172. The molecule has 5 nitrogen and oxygen atoms in total. The van der Waals surface area contributed by atoms with Gasteiger partial charge in [0.05, 0.1) is 17.8 Å². The molecule has 2 aliphatic heterocycles. The van der Waals surface area contributed by atoms with E-state index in [4.69, 9.17) is 0 Å². The van der Waals surface area contributed by atoms with Gasteiger partial charge in [0.1, 0.15) is 0 Å². The fraction of sp³-hybridized carbons (Fsp3) is 0.500. The molecule has 3 heterocycles. The summed E-state index contributed by atoms with van der Waals surface area (Å²) in [4.78, 5) is 12.0. The molecule has 0 radical (unpaired) electrons. The third kappa shape index (κ3) is 4.22. The summed E-state index contributed by atoms with van der Waals surface area (Å²) < 4.78 is 0. The summed E-state index contributed by atoms with van der Waals surface area (Å²) in [7, 11) is 0. The lowest BCUT2D eigenvalue weighted by molar-refractivity contribution is -0.0952. The molecule has 2 fully saturated rings. The molecule has 2 aliphatic rings. The van der Waals surface area contributed by atoms with E-state index in [0.717, 1.165) is 51.5 Å². The van der Waals surface area contributed by atoms with Gasteiger partial charge in [-0.3, -0.25) is 19.7 Å². The van der Waals surface area contributed by atoms with E-state index in [1.807, 2.05) is 12.3 Å². The molecule has 27 heavy (non-hydrogen) atoms. The van der Waals surface area contributed by atoms with Gasteiger partial charge in [-0.05, 0) is 24.6 Å². The molecule has 5 heteroatoms. The zero-order valence-electron chi connectivity index (χ0n) is 16.2. The molecule has 0 spiro atoms. The van der Waals surface area contributed by atoms with Gasteiger partial charge in [-0.2, -0.15) is 0 Å². The first-order chi connectivity index (χ1) is 13.2. The Morgan fingerprint density at radius 1 is 1.00 bits per heavy atom. The van der Waals surface area contributed by atoms with Crippen molar-refractivity contribution in [1.29, 1.82) is 0 Å². The largest absolute Gasteiger partial charge is 0.394 e. The molecule has 4 rings (SSSR count). The van der Waals surface area contributed by atoms with Gasteiger partial charge in [0.2, 0.25) is 0 Å². The molecule has 2 atom stereocenters. The van der Waals surface area contributed by atoms with Crippen molar-refractivity contribution >= 4 is 0 Å². The summed E-state index contributed by atoms with van der Waals surface area (Å²) in [5.41, 5.74) is 2.30. The van der Waals surface area contributed by atoms with Crippen LogP contribution in [0.15, 0.2) is 54.7 Å². The lowest BCUT2D eigenvalue weighted by Gasteiger charge is -2.56. The monoisotopic (exact) mass is 366 g/mol. The topological polar surface area (TPSA) is 42.8 Å². The Morgan fingerprint density at radius 3 is 2.52 bits per heavy atom. The quantitative estimate of drug-likeness (QED) is 0.875. The number of rotatable bonds is 5. The first kappa shape index (κ1) is 18.6. The molecule has 2 aromatic rings. The summed E-state index contributed by atoms with van der Waals surface area (Å²) in [5.74, 6) is 0. The average Bonchev–Trinajstić information content (AvgIpc) is 2.69. The number of aliphatic hydroxyl groups excluding tert-OH is 1. The third-order valence-electron chi connectivity index (χ3n) is 5.99. The van der Waals surface area contributed by atoms with E-state index in [1.54, 1.807) is 0 Å². The van der Waals surface area contributed by atoms with Crippen molar-refractivity contribution in [2.24, 2.45) is 0 Å². The van der Waals surface area contributed by atoms with Crippen molar-refractivity contribution in [3.8, 4) is 0 Å². The van der Waals surface area contributed by atoms with Crippen molar-refractivity contribution in [2.75, 3.05) is 39.3 Å². The van der Waals surface area contributed by atoms with E-state index in [1.165, 1.54) is 5.56 Å². The number of benzene rings is 1. The Hall–Kier alpha value is -1.79. The second-order valence-electron chi connectivity index (χ2n) is 8.21. The molecule has 1 aromatic heterocycles. The van der Waals surface area contributed by atoms with Crippen molar-refractivity contribution in [1.82, 2.24) is 19.7 Å². The number of aliphatic hydroxyl groups is 1. The van der Waals surface area contributed by atoms with Gasteiger partial charge < -0.3 is 5.11 Å². The number of hydrogen-bond acceptors (Lipinski definition) is 5. The Balaban J connectivity index is 1.46. The smallest absolute Gasteiger partial charge is 0.0625 e. The van der Waals surface area contributed by atoms with Crippen LogP contribution in [0.2, 0.25) is 0 Å². The minimum absolute atomic E-state index is 0.172. The summed E-state index contributed by atoms with van der Waals surface area (Å²) in [6.07, 6.45) is 1.87. The highest BCUT2D eigenvalue weighted by molar-refractivity contribution is 5.15. The second-order valence-corrected chi connectivity index (χ2v) is 8.21. The zero-order chi connectivity index (χ0) is 18.7. The van der Waals surface area contributed by atoms with Gasteiger partial charge in [0, 0.05) is 58.1 Å². The maximum Gasteiger partial charge on any atom is 0.0625 e. The number of pyridine rings is 1. The molecule has 1 aromatic carbocycles. The van der Waals surface area contributed by atoms with Crippen LogP contribution in [0.5, 0.6) is 0 Å². The minimum Gasteiger partial charge on any atom is -0.394 e. The molecule has 0 saturated carbocycles.